The van der Waals surface area contributed by atoms with Gasteiger partial charge in [-0.15, -0.1) is 0 Å². The van der Waals surface area contributed by atoms with Crippen molar-refractivity contribution in [3.05, 3.63) is 29.3 Å². The monoisotopic (exact) mass is 347 g/mol. The predicted octanol–water partition coefficient (Wildman–Crippen LogP) is 5.98. The summed E-state index contributed by atoms with van der Waals surface area (Å²) >= 11 is 4.92. The first-order valence-electron chi connectivity index (χ1n) is 9.04. The van der Waals surface area contributed by atoms with Gasteiger partial charge in [-0.25, -0.2) is 0 Å². The van der Waals surface area contributed by atoms with Crippen molar-refractivity contribution in [3.8, 4) is 0 Å². The fourth-order valence-corrected chi connectivity index (χ4v) is 4.42. The highest BCUT2D eigenvalue weighted by Gasteiger charge is 2.50. The average molecular weight is 348 g/mol. The van der Waals surface area contributed by atoms with Crippen molar-refractivity contribution in [1.29, 1.82) is 0 Å². The van der Waals surface area contributed by atoms with Gasteiger partial charge in [-0.2, -0.15) is 12.6 Å². The Kier molecular flexibility index (Phi) is 5.17. The molecule has 3 heteroatoms. The van der Waals surface area contributed by atoms with Gasteiger partial charge in [-0.3, -0.25) is 9.69 Å². The predicted molar refractivity (Wildman–Crippen MR) is 107 cm³/mol. The lowest BCUT2D eigenvalue weighted by Gasteiger charge is -2.51. The molecule has 0 spiro atoms. The number of hydrogen-bond acceptors (Lipinski definition) is 2. The van der Waals surface area contributed by atoms with Crippen LogP contribution in [-0.2, 0) is 4.79 Å². The molecule has 0 bridgehead atoms. The quantitative estimate of drug-likeness (QED) is 0.667. The number of benzene rings is 1. The molecule has 134 valence electrons. The van der Waals surface area contributed by atoms with Crippen LogP contribution in [0.25, 0.3) is 0 Å². The van der Waals surface area contributed by atoms with Crippen molar-refractivity contribution < 1.29 is 4.79 Å². The van der Waals surface area contributed by atoms with Crippen LogP contribution < -0.4 is 4.90 Å². The van der Waals surface area contributed by atoms with Crippen LogP contribution in [0, 0.1) is 10.8 Å². The SMILES string of the molecule is CC(C)c1cccc(C(C)C)c1N1C(=O)C(C)(C)CC(C)(C)C1S. The van der Waals surface area contributed by atoms with Crippen LogP contribution in [0.4, 0.5) is 5.69 Å². The van der Waals surface area contributed by atoms with Gasteiger partial charge in [0.15, 0.2) is 0 Å². The first-order valence-corrected chi connectivity index (χ1v) is 9.56. The number of carbonyl (C=O) groups is 1. The molecule has 0 aromatic heterocycles. The van der Waals surface area contributed by atoms with Crippen molar-refractivity contribution in [2.75, 3.05) is 4.90 Å². The number of anilines is 1. The van der Waals surface area contributed by atoms with E-state index in [1.165, 1.54) is 11.1 Å². The van der Waals surface area contributed by atoms with E-state index in [4.69, 9.17) is 12.6 Å². The topological polar surface area (TPSA) is 20.3 Å². The van der Waals surface area contributed by atoms with Gasteiger partial charge in [0.1, 0.15) is 0 Å². The van der Waals surface area contributed by atoms with E-state index in [0.29, 0.717) is 11.8 Å². The Morgan fingerprint density at radius 3 is 1.92 bits per heavy atom. The standard InChI is InChI=1S/C21H33NOS/c1-13(2)15-10-9-11-16(14(3)4)17(15)22-18(23)20(5,6)12-21(7,8)19(22)24/h9-11,13-14,19,24H,12H2,1-8H3. The molecule has 1 atom stereocenters. The zero-order chi connectivity index (χ0) is 18.4. The Bertz CT molecular complexity index is 604. The van der Waals surface area contributed by atoms with E-state index in [0.717, 1.165) is 12.1 Å². The van der Waals surface area contributed by atoms with E-state index in [9.17, 15) is 4.79 Å². The molecule has 1 aromatic rings. The summed E-state index contributed by atoms with van der Waals surface area (Å²) in [5, 5.41) is -0.115. The largest absolute Gasteiger partial charge is 0.299 e. The van der Waals surface area contributed by atoms with E-state index >= 15 is 0 Å². The minimum Gasteiger partial charge on any atom is -0.299 e. The molecular formula is C21H33NOS. The Balaban J connectivity index is 2.74. The second-order valence-electron chi connectivity index (χ2n) is 9.19. The Hall–Kier alpha value is -0.960. The van der Waals surface area contributed by atoms with Crippen LogP contribution in [0.1, 0.15) is 84.8 Å². The Morgan fingerprint density at radius 2 is 1.50 bits per heavy atom. The first kappa shape index (κ1) is 19.4. The summed E-state index contributed by atoms with van der Waals surface area (Å²) < 4.78 is 0. The molecule has 1 saturated heterocycles. The maximum atomic E-state index is 13.4. The molecule has 1 amide bonds. The van der Waals surface area contributed by atoms with E-state index in [2.05, 4.69) is 73.6 Å². The second-order valence-corrected chi connectivity index (χ2v) is 9.68. The molecule has 1 aromatic carbocycles. The number of hydrogen-bond donors (Lipinski definition) is 1. The zero-order valence-corrected chi connectivity index (χ0v) is 17.4. The lowest BCUT2D eigenvalue weighted by molar-refractivity contribution is -0.131. The first-order chi connectivity index (χ1) is 10.9. The number of piperidine rings is 1. The minimum absolute atomic E-state index is 0.0428. The molecule has 0 radical (unpaired) electrons. The summed E-state index contributed by atoms with van der Waals surface area (Å²) in [7, 11) is 0. The third kappa shape index (κ3) is 3.24. The molecular weight excluding hydrogens is 314 g/mol. The highest BCUT2D eigenvalue weighted by atomic mass is 32.1. The summed E-state index contributed by atoms with van der Waals surface area (Å²) in [4.78, 5) is 15.4. The van der Waals surface area contributed by atoms with Gasteiger partial charge in [0, 0.05) is 5.41 Å². The highest BCUT2D eigenvalue weighted by Crippen LogP contribution is 2.50. The van der Waals surface area contributed by atoms with Gasteiger partial charge in [0.2, 0.25) is 5.91 Å². The molecule has 1 aliphatic rings. The highest BCUT2D eigenvalue weighted by molar-refractivity contribution is 7.81. The van der Waals surface area contributed by atoms with Crippen LogP contribution in [0.3, 0.4) is 0 Å². The van der Waals surface area contributed by atoms with Crippen LogP contribution in [0.5, 0.6) is 0 Å². The van der Waals surface area contributed by atoms with Gasteiger partial charge in [-0.05, 0) is 34.8 Å². The number of carbonyl (C=O) groups excluding carboxylic acids is 1. The van der Waals surface area contributed by atoms with Crippen molar-refractivity contribution in [2.24, 2.45) is 10.8 Å². The number of nitrogens with zero attached hydrogens (tertiary/aromatic N) is 1. The lowest BCUT2D eigenvalue weighted by atomic mass is 9.69. The van der Waals surface area contributed by atoms with Crippen LogP contribution >= 0.6 is 12.6 Å². The van der Waals surface area contributed by atoms with Gasteiger partial charge in [0.25, 0.3) is 0 Å². The molecule has 1 heterocycles. The molecule has 2 nitrogen and oxygen atoms in total. The second kappa shape index (κ2) is 6.40. The maximum Gasteiger partial charge on any atom is 0.233 e. The maximum absolute atomic E-state index is 13.4. The van der Waals surface area contributed by atoms with Gasteiger partial charge >= 0.3 is 0 Å². The van der Waals surface area contributed by atoms with Crippen molar-refractivity contribution in [2.45, 2.75) is 79.0 Å². The molecule has 1 unspecified atom stereocenters. The van der Waals surface area contributed by atoms with Crippen molar-refractivity contribution in [3.63, 3.8) is 0 Å². The number of para-hydroxylation sites is 1. The Morgan fingerprint density at radius 1 is 1.04 bits per heavy atom. The molecule has 24 heavy (non-hydrogen) atoms. The van der Waals surface area contributed by atoms with Crippen LogP contribution in [-0.4, -0.2) is 11.3 Å². The lowest BCUT2D eigenvalue weighted by Crippen LogP contribution is -2.58. The van der Waals surface area contributed by atoms with Gasteiger partial charge in [-0.1, -0.05) is 73.6 Å². The van der Waals surface area contributed by atoms with Gasteiger partial charge < -0.3 is 0 Å². The van der Waals surface area contributed by atoms with E-state index in [1.54, 1.807) is 0 Å². The number of thiol groups is 1. The van der Waals surface area contributed by atoms with E-state index in [1.807, 2.05) is 4.90 Å². The molecule has 0 aliphatic carbocycles. The zero-order valence-electron chi connectivity index (χ0n) is 16.5. The molecule has 0 saturated carbocycles. The fraction of sp³-hybridized carbons (Fsp3) is 0.667. The number of amides is 1. The smallest absolute Gasteiger partial charge is 0.233 e. The van der Waals surface area contributed by atoms with Crippen molar-refractivity contribution in [1.82, 2.24) is 0 Å². The average Bonchev–Trinajstić information content (AvgIpc) is 2.44. The minimum atomic E-state index is -0.374. The Labute approximate surface area is 153 Å². The number of rotatable bonds is 3. The molecule has 1 fully saturated rings. The third-order valence-electron chi connectivity index (χ3n) is 5.22. The summed E-state index contributed by atoms with van der Waals surface area (Å²) in [6.07, 6.45) is 0.852. The van der Waals surface area contributed by atoms with Crippen molar-refractivity contribution >= 4 is 24.2 Å². The molecule has 1 aliphatic heterocycles. The summed E-state index contributed by atoms with van der Waals surface area (Å²) in [5.41, 5.74) is 3.15. The van der Waals surface area contributed by atoms with Gasteiger partial charge in [0.05, 0.1) is 11.1 Å². The van der Waals surface area contributed by atoms with Crippen LogP contribution in [0.15, 0.2) is 18.2 Å². The molecule has 0 N–H and O–H groups in total. The molecule has 2 rings (SSSR count). The third-order valence-corrected chi connectivity index (χ3v) is 6.15. The van der Waals surface area contributed by atoms with E-state index < -0.39 is 0 Å². The summed E-state index contributed by atoms with van der Waals surface area (Å²) in [6, 6.07) is 6.44. The summed E-state index contributed by atoms with van der Waals surface area (Å²) in [5.74, 6) is 0.914. The van der Waals surface area contributed by atoms with E-state index in [-0.39, 0.29) is 22.1 Å². The van der Waals surface area contributed by atoms with Crippen LogP contribution in [0.2, 0.25) is 0 Å². The summed E-state index contributed by atoms with van der Waals surface area (Å²) in [6.45, 7) is 17.4. The fourth-order valence-electron chi connectivity index (χ4n) is 4.11. The normalized spacial score (nSPS) is 23.2.